The minimum absolute atomic E-state index is 0.124. The van der Waals surface area contributed by atoms with Crippen molar-refractivity contribution in [1.82, 2.24) is 0 Å². The van der Waals surface area contributed by atoms with Gasteiger partial charge in [0.2, 0.25) is 0 Å². The smallest absolute Gasteiger partial charge is 0.310 e. The van der Waals surface area contributed by atoms with Crippen molar-refractivity contribution in [1.29, 1.82) is 0 Å². The number of carbonyl (C=O) groups excluding carboxylic acids is 4. The van der Waals surface area contributed by atoms with Gasteiger partial charge in [-0.1, -0.05) is 72.2 Å². The molecule has 0 atom stereocenters. The molecular formula is C26H22N2O6S4. The Kier molecular flexibility index (Phi) is 8.98. The predicted molar refractivity (Wildman–Crippen MR) is 156 cm³/mol. The summed E-state index contributed by atoms with van der Waals surface area (Å²) in [5, 5.41) is 0. The maximum absolute atomic E-state index is 13.4. The van der Waals surface area contributed by atoms with Crippen LogP contribution in [-0.2, 0) is 41.5 Å². The first-order valence-electron chi connectivity index (χ1n) is 11.6. The molecule has 0 aliphatic carbocycles. The Hall–Kier alpha value is -3.06. The van der Waals surface area contributed by atoms with Gasteiger partial charge < -0.3 is 9.47 Å². The molecule has 0 unspecified atom stereocenters. The molecule has 12 heteroatoms. The summed E-state index contributed by atoms with van der Waals surface area (Å²) in [6.07, 6.45) is 0.248. The number of benzene rings is 2. The van der Waals surface area contributed by atoms with Crippen molar-refractivity contribution in [3.05, 3.63) is 69.5 Å². The minimum atomic E-state index is -0.413. The first kappa shape index (κ1) is 28.0. The zero-order valence-electron chi connectivity index (χ0n) is 20.4. The highest BCUT2D eigenvalue weighted by Crippen LogP contribution is 2.44. The van der Waals surface area contributed by atoms with E-state index in [1.165, 1.54) is 9.80 Å². The van der Waals surface area contributed by atoms with Crippen LogP contribution in [-0.4, -0.2) is 45.6 Å². The van der Waals surface area contributed by atoms with Crippen LogP contribution in [0, 0.1) is 0 Å². The van der Waals surface area contributed by atoms with Crippen molar-refractivity contribution >= 4 is 91.7 Å². The molecule has 2 heterocycles. The standard InChI is InChI=1S/C26H22N2O6S4/c1-3-33-19(29)13-15-5-9-17(10-6-15)27-23(31)21(37-25(27)35)22-24(32)28(26(36)38-22)18-11-7-16(8-12-18)14-20(30)34-4-2/h5-12H,3-4,13-14H2,1-2H3/b22-21+. The predicted octanol–water partition coefficient (Wildman–Crippen LogP) is 4.54. The summed E-state index contributed by atoms with van der Waals surface area (Å²) in [5.41, 5.74) is 2.55. The van der Waals surface area contributed by atoms with Gasteiger partial charge in [0.15, 0.2) is 8.64 Å². The van der Waals surface area contributed by atoms with Gasteiger partial charge in [0, 0.05) is 0 Å². The second-order valence-corrected chi connectivity index (χ2v) is 11.3. The third kappa shape index (κ3) is 5.98. The molecule has 4 rings (SSSR count). The van der Waals surface area contributed by atoms with Crippen molar-refractivity contribution in [2.24, 2.45) is 0 Å². The van der Waals surface area contributed by atoms with Crippen LogP contribution in [0.2, 0.25) is 0 Å². The number of thiocarbonyl (C=S) groups is 2. The summed E-state index contributed by atoms with van der Waals surface area (Å²) in [6, 6.07) is 13.7. The van der Waals surface area contributed by atoms with Crippen LogP contribution in [0.1, 0.15) is 25.0 Å². The second-order valence-electron chi connectivity index (χ2n) is 7.97. The second kappa shape index (κ2) is 12.2. The van der Waals surface area contributed by atoms with Crippen LogP contribution < -0.4 is 9.80 Å². The molecule has 2 aromatic carbocycles. The van der Waals surface area contributed by atoms with E-state index in [1.807, 2.05) is 0 Å². The molecule has 0 bridgehead atoms. The van der Waals surface area contributed by atoms with Crippen molar-refractivity contribution in [3.63, 3.8) is 0 Å². The zero-order valence-corrected chi connectivity index (χ0v) is 23.7. The maximum Gasteiger partial charge on any atom is 0.310 e. The van der Waals surface area contributed by atoms with Crippen LogP contribution in [0.25, 0.3) is 0 Å². The van der Waals surface area contributed by atoms with Gasteiger partial charge in [0.25, 0.3) is 11.8 Å². The third-order valence-corrected chi connectivity index (χ3v) is 8.32. The Bertz CT molecular complexity index is 1250. The number of esters is 2. The SMILES string of the molecule is CCOC(=O)Cc1ccc(N2C(=O)/C(=C3\SC(=S)N(c4ccc(CC(=O)OCC)cc4)C3=O)SC2=S)cc1. The van der Waals surface area contributed by atoms with E-state index in [0.717, 1.165) is 34.7 Å². The average molecular weight is 587 g/mol. The van der Waals surface area contributed by atoms with Crippen LogP contribution in [0.5, 0.6) is 0 Å². The monoisotopic (exact) mass is 586 g/mol. The molecule has 8 nitrogen and oxygen atoms in total. The van der Waals surface area contributed by atoms with Gasteiger partial charge in [-0.2, -0.15) is 0 Å². The van der Waals surface area contributed by atoms with Gasteiger partial charge in [0.05, 0.1) is 47.2 Å². The van der Waals surface area contributed by atoms with E-state index in [0.29, 0.717) is 24.6 Å². The summed E-state index contributed by atoms with van der Waals surface area (Å²) >= 11 is 13.0. The van der Waals surface area contributed by atoms with Crippen LogP contribution in [0.3, 0.4) is 0 Å². The van der Waals surface area contributed by atoms with Crippen LogP contribution in [0.4, 0.5) is 11.4 Å². The Morgan fingerprint density at radius 3 is 1.34 bits per heavy atom. The number of amides is 2. The number of anilines is 2. The van der Waals surface area contributed by atoms with E-state index in [2.05, 4.69) is 0 Å². The molecule has 0 spiro atoms. The topological polar surface area (TPSA) is 93.2 Å². The maximum atomic E-state index is 13.4. The molecule has 2 aromatic rings. The van der Waals surface area contributed by atoms with Gasteiger partial charge in [-0.05, 0) is 49.2 Å². The first-order chi connectivity index (χ1) is 18.2. The largest absolute Gasteiger partial charge is 0.466 e. The molecule has 2 amide bonds. The molecule has 2 saturated heterocycles. The number of thioether (sulfide) groups is 2. The minimum Gasteiger partial charge on any atom is -0.466 e. The summed E-state index contributed by atoms with van der Waals surface area (Å²) in [5.74, 6) is -1.49. The third-order valence-electron chi connectivity index (χ3n) is 5.44. The average Bonchev–Trinajstić information content (AvgIpc) is 3.34. The quantitative estimate of drug-likeness (QED) is 0.249. The Morgan fingerprint density at radius 2 is 1.03 bits per heavy atom. The van der Waals surface area contributed by atoms with Gasteiger partial charge in [-0.15, -0.1) is 0 Å². The van der Waals surface area contributed by atoms with E-state index in [9.17, 15) is 19.2 Å². The lowest BCUT2D eigenvalue weighted by molar-refractivity contribution is -0.143. The van der Waals surface area contributed by atoms with Crippen LogP contribution in [0.15, 0.2) is 58.3 Å². The number of carbonyl (C=O) groups is 4. The lowest BCUT2D eigenvalue weighted by Gasteiger charge is -2.15. The summed E-state index contributed by atoms with van der Waals surface area (Å²) in [4.78, 5) is 53.3. The lowest BCUT2D eigenvalue weighted by Crippen LogP contribution is -2.29. The van der Waals surface area contributed by atoms with E-state index in [-0.39, 0.29) is 43.2 Å². The van der Waals surface area contributed by atoms with Gasteiger partial charge >= 0.3 is 11.9 Å². The number of nitrogens with zero attached hydrogens (tertiary/aromatic N) is 2. The molecule has 2 aliphatic rings. The van der Waals surface area contributed by atoms with E-state index in [1.54, 1.807) is 62.4 Å². The molecule has 0 saturated carbocycles. The Morgan fingerprint density at radius 1 is 0.684 bits per heavy atom. The van der Waals surface area contributed by atoms with Gasteiger partial charge in [0.1, 0.15) is 0 Å². The molecule has 2 fully saturated rings. The van der Waals surface area contributed by atoms with Crippen molar-refractivity contribution in [3.8, 4) is 0 Å². The Balaban J connectivity index is 1.52. The molecule has 0 radical (unpaired) electrons. The van der Waals surface area contributed by atoms with Crippen molar-refractivity contribution in [2.45, 2.75) is 26.7 Å². The number of hydrogen-bond acceptors (Lipinski definition) is 10. The van der Waals surface area contributed by atoms with E-state index < -0.39 is 11.8 Å². The van der Waals surface area contributed by atoms with E-state index >= 15 is 0 Å². The summed E-state index contributed by atoms with van der Waals surface area (Å²) < 4.78 is 10.5. The van der Waals surface area contributed by atoms with Crippen LogP contribution >= 0.6 is 48.0 Å². The van der Waals surface area contributed by atoms with Gasteiger partial charge in [-0.3, -0.25) is 29.0 Å². The molecule has 38 heavy (non-hydrogen) atoms. The zero-order chi connectivity index (χ0) is 27.4. The normalized spacial score (nSPS) is 17.4. The fourth-order valence-electron chi connectivity index (χ4n) is 3.74. The number of ether oxygens (including phenoxy) is 2. The molecule has 0 N–H and O–H groups in total. The van der Waals surface area contributed by atoms with E-state index in [4.69, 9.17) is 33.9 Å². The fourth-order valence-corrected chi connectivity index (χ4v) is 6.49. The summed E-state index contributed by atoms with van der Waals surface area (Å²) in [7, 11) is 0. The number of rotatable bonds is 8. The highest BCUT2D eigenvalue weighted by atomic mass is 32.2. The highest BCUT2D eigenvalue weighted by Gasteiger charge is 2.43. The number of hydrogen-bond donors (Lipinski definition) is 0. The Labute approximate surface area is 238 Å². The van der Waals surface area contributed by atoms with Crippen molar-refractivity contribution in [2.75, 3.05) is 23.0 Å². The lowest BCUT2D eigenvalue weighted by atomic mass is 10.1. The summed E-state index contributed by atoms with van der Waals surface area (Å²) in [6.45, 7) is 4.10. The highest BCUT2D eigenvalue weighted by molar-refractivity contribution is 8.30. The molecule has 196 valence electrons. The molecular weight excluding hydrogens is 565 g/mol. The fraction of sp³-hybridized carbons (Fsp3) is 0.231. The van der Waals surface area contributed by atoms with Gasteiger partial charge in [-0.25, -0.2) is 0 Å². The van der Waals surface area contributed by atoms with Crippen molar-refractivity contribution < 1.29 is 28.7 Å². The molecule has 2 aliphatic heterocycles. The molecule has 0 aromatic heterocycles. The first-order valence-corrected chi connectivity index (χ1v) is 14.0.